The van der Waals surface area contributed by atoms with Crippen molar-refractivity contribution >= 4 is 6.08 Å². The number of allylic oxidation sites excluding steroid dienone is 1. The summed E-state index contributed by atoms with van der Waals surface area (Å²) in [5, 5.41) is 0. The molecule has 0 spiro atoms. The van der Waals surface area contributed by atoms with Crippen LogP contribution in [0.1, 0.15) is 44.6 Å². The molecule has 1 rings (SSSR count). The van der Waals surface area contributed by atoms with Crippen LogP contribution in [0.3, 0.4) is 0 Å². The summed E-state index contributed by atoms with van der Waals surface area (Å²) in [5.74, 6) is 0. The molecule has 0 atom stereocenters. The van der Waals surface area contributed by atoms with Gasteiger partial charge in [0.25, 0.3) is 0 Å². The molecule has 1 heterocycles. The molecule has 0 N–H and O–H groups in total. The topological polar surface area (TPSA) is 12.9 Å². The van der Waals surface area contributed by atoms with Gasteiger partial charge in [0, 0.05) is 11.4 Å². The average molecular weight is 191 g/mol. The van der Waals surface area contributed by atoms with Crippen LogP contribution in [0.4, 0.5) is 0 Å². The molecular weight excluding hydrogens is 170 g/mol. The minimum absolute atomic E-state index is 1.00. The van der Waals surface area contributed by atoms with Crippen molar-refractivity contribution in [3.05, 3.63) is 35.2 Å². The van der Waals surface area contributed by atoms with E-state index in [4.69, 9.17) is 0 Å². The van der Waals surface area contributed by atoms with Crippen LogP contribution in [0.5, 0.6) is 0 Å². The Hall–Kier alpha value is -1.11. The van der Waals surface area contributed by atoms with Gasteiger partial charge >= 0.3 is 0 Å². The lowest BCUT2D eigenvalue weighted by Gasteiger charge is -2.02. The summed E-state index contributed by atoms with van der Waals surface area (Å²) in [4.78, 5) is 4.46. The van der Waals surface area contributed by atoms with Crippen LogP contribution < -0.4 is 0 Å². The lowest BCUT2D eigenvalue weighted by molar-refractivity contribution is 1.000. The molecular formula is C13H21N. The fourth-order valence-corrected chi connectivity index (χ4v) is 1.24. The first-order valence-electron chi connectivity index (χ1n) is 5.37. The highest BCUT2D eigenvalue weighted by Gasteiger charge is 1.97. The van der Waals surface area contributed by atoms with E-state index in [0.29, 0.717) is 0 Å². The molecule has 0 fully saturated rings. The molecule has 0 unspecified atom stereocenters. The monoisotopic (exact) mass is 191 g/mol. The third kappa shape index (κ3) is 3.73. The zero-order valence-corrected chi connectivity index (χ0v) is 9.96. The quantitative estimate of drug-likeness (QED) is 0.688. The molecule has 0 amide bonds. The van der Waals surface area contributed by atoms with Crippen LogP contribution in [0, 0.1) is 6.92 Å². The van der Waals surface area contributed by atoms with Crippen molar-refractivity contribution in [2.75, 3.05) is 0 Å². The lowest BCUT2D eigenvalue weighted by atomic mass is 10.1. The normalized spacial score (nSPS) is 9.79. The van der Waals surface area contributed by atoms with Crippen LogP contribution in [-0.4, -0.2) is 4.98 Å². The summed E-state index contributed by atoms with van der Waals surface area (Å²) < 4.78 is 0. The SMILES string of the molecule is C/C=C\c1ccc(C)nc1CC.CC. The van der Waals surface area contributed by atoms with Gasteiger partial charge < -0.3 is 0 Å². The first-order chi connectivity index (χ1) is 6.77. The van der Waals surface area contributed by atoms with Crippen molar-refractivity contribution in [2.24, 2.45) is 0 Å². The van der Waals surface area contributed by atoms with Gasteiger partial charge in [0.1, 0.15) is 0 Å². The van der Waals surface area contributed by atoms with Gasteiger partial charge in [-0.2, -0.15) is 0 Å². The first-order valence-corrected chi connectivity index (χ1v) is 5.37. The van der Waals surface area contributed by atoms with Crippen molar-refractivity contribution in [3.8, 4) is 0 Å². The van der Waals surface area contributed by atoms with E-state index < -0.39 is 0 Å². The van der Waals surface area contributed by atoms with Gasteiger partial charge in [-0.25, -0.2) is 0 Å². The Labute approximate surface area is 87.9 Å². The predicted octanol–water partition coefficient (Wildman–Crippen LogP) is 4.01. The van der Waals surface area contributed by atoms with Crippen molar-refractivity contribution in [1.29, 1.82) is 0 Å². The molecule has 0 aromatic carbocycles. The number of aryl methyl sites for hydroxylation is 2. The molecule has 14 heavy (non-hydrogen) atoms. The van der Waals surface area contributed by atoms with Gasteiger partial charge in [-0.05, 0) is 31.9 Å². The Morgan fingerprint density at radius 1 is 1.29 bits per heavy atom. The van der Waals surface area contributed by atoms with Gasteiger partial charge in [-0.3, -0.25) is 4.98 Å². The van der Waals surface area contributed by atoms with E-state index >= 15 is 0 Å². The Morgan fingerprint density at radius 3 is 2.43 bits per heavy atom. The number of nitrogens with zero attached hydrogens (tertiary/aromatic N) is 1. The highest BCUT2D eigenvalue weighted by Crippen LogP contribution is 2.09. The summed E-state index contributed by atoms with van der Waals surface area (Å²) in [5.41, 5.74) is 3.53. The molecule has 0 aliphatic carbocycles. The Balaban J connectivity index is 0.000000791. The first kappa shape index (κ1) is 12.9. The molecule has 1 aromatic heterocycles. The molecule has 1 nitrogen and oxygen atoms in total. The van der Waals surface area contributed by atoms with Crippen LogP contribution in [0.25, 0.3) is 6.08 Å². The maximum Gasteiger partial charge on any atom is 0.0476 e. The molecule has 0 saturated heterocycles. The molecule has 1 aromatic rings. The summed E-state index contributed by atoms with van der Waals surface area (Å²) >= 11 is 0. The summed E-state index contributed by atoms with van der Waals surface area (Å²) in [6.45, 7) is 10.2. The highest BCUT2D eigenvalue weighted by molar-refractivity contribution is 5.51. The third-order valence-corrected chi connectivity index (χ3v) is 1.83. The van der Waals surface area contributed by atoms with Crippen molar-refractivity contribution in [3.63, 3.8) is 0 Å². The Kier molecular flexibility index (Phi) is 6.73. The van der Waals surface area contributed by atoms with E-state index in [1.165, 1.54) is 11.3 Å². The standard InChI is InChI=1S/C11H15N.C2H6/c1-4-6-10-8-7-9(3)12-11(10)5-2;1-2/h4,6-8H,5H2,1-3H3;1-2H3/b6-4-;. The molecule has 0 aliphatic rings. The Bertz CT molecular complexity index is 287. The van der Waals surface area contributed by atoms with E-state index in [9.17, 15) is 0 Å². The number of hydrogen-bond donors (Lipinski definition) is 0. The molecule has 0 bridgehead atoms. The molecule has 78 valence electrons. The van der Waals surface area contributed by atoms with Gasteiger partial charge in [0.05, 0.1) is 0 Å². The van der Waals surface area contributed by atoms with E-state index in [-0.39, 0.29) is 0 Å². The van der Waals surface area contributed by atoms with Gasteiger partial charge in [-0.1, -0.05) is 39.0 Å². The number of hydrogen-bond acceptors (Lipinski definition) is 1. The van der Waals surface area contributed by atoms with Crippen LogP contribution in [0.15, 0.2) is 18.2 Å². The second-order valence-corrected chi connectivity index (χ2v) is 2.84. The van der Waals surface area contributed by atoms with Crippen molar-refractivity contribution in [1.82, 2.24) is 4.98 Å². The van der Waals surface area contributed by atoms with E-state index in [0.717, 1.165) is 12.1 Å². The van der Waals surface area contributed by atoms with Crippen LogP contribution in [0.2, 0.25) is 0 Å². The Morgan fingerprint density at radius 2 is 1.93 bits per heavy atom. The van der Waals surface area contributed by atoms with E-state index in [1.807, 2.05) is 33.8 Å². The fourth-order valence-electron chi connectivity index (χ4n) is 1.24. The van der Waals surface area contributed by atoms with E-state index in [2.05, 4.69) is 30.1 Å². The van der Waals surface area contributed by atoms with E-state index in [1.54, 1.807) is 0 Å². The zero-order valence-electron chi connectivity index (χ0n) is 9.96. The third-order valence-electron chi connectivity index (χ3n) is 1.83. The zero-order chi connectivity index (χ0) is 11.0. The van der Waals surface area contributed by atoms with Gasteiger partial charge in [0.15, 0.2) is 0 Å². The van der Waals surface area contributed by atoms with Crippen molar-refractivity contribution < 1.29 is 0 Å². The van der Waals surface area contributed by atoms with Crippen LogP contribution in [-0.2, 0) is 6.42 Å². The molecule has 0 saturated carbocycles. The smallest absolute Gasteiger partial charge is 0.0476 e. The fraction of sp³-hybridized carbons (Fsp3) is 0.462. The minimum atomic E-state index is 1.00. The van der Waals surface area contributed by atoms with Crippen LogP contribution >= 0.6 is 0 Å². The predicted molar refractivity (Wildman–Crippen MR) is 64.4 cm³/mol. The molecule has 0 aliphatic heterocycles. The van der Waals surface area contributed by atoms with Gasteiger partial charge in [0.2, 0.25) is 0 Å². The maximum atomic E-state index is 4.46. The highest BCUT2D eigenvalue weighted by atomic mass is 14.7. The van der Waals surface area contributed by atoms with Gasteiger partial charge in [-0.15, -0.1) is 0 Å². The number of rotatable bonds is 2. The molecule has 1 heteroatoms. The minimum Gasteiger partial charge on any atom is -0.258 e. The second-order valence-electron chi connectivity index (χ2n) is 2.84. The number of aromatic nitrogens is 1. The molecule has 0 radical (unpaired) electrons. The maximum absolute atomic E-state index is 4.46. The lowest BCUT2D eigenvalue weighted by Crippen LogP contribution is -1.93. The average Bonchev–Trinajstić information content (AvgIpc) is 2.24. The van der Waals surface area contributed by atoms with Crippen molar-refractivity contribution in [2.45, 2.75) is 41.0 Å². The summed E-state index contributed by atoms with van der Waals surface area (Å²) in [6, 6.07) is 4.18. The summed E-state index contributed by atoms with van der Waals surface area (Å²) in [7, 11) is 0. The summed E-state index contributed by atoms with van der Waals surface area (Å²) in [6.07, 6.45) is 5.15. The second kappa shape index (κ2) is 7.31. The largest absolute Gasteiger partial charge is 0.258 e. The number of pyridine rings is 1.